The van der Waals surface area contributed by atoms with Crippen molar-refractivity contribution in [3.63, 3.8) is 0 Å². The highest BCUT2D eigenvalue weighted by atomic mass is 16.1. The van der Waals surface area contributed by atoms with Crippen LogP contribution in [0, 0.1) is 0 Å². The van der Waals surface area contributed by atoms with Gasteiger partial charge in [-0.2, -0.15) is 0 Å². The summed E-state index contributed by atoms with van der Waals surface area (Å²) in [7, 11) is 0. The highest BCUT2D eigenvalue weighted by molar-refractivity contribution is 5.90. The van der Waals surface area contributed by atoms with Gasteiger partial charge in [-0.3, -0.25) is 9.78 Å². The normalized spacial score (nSPS) is 18.6. The van der Waals surface area contributed by atoms with Gasteiger partial charge in [0.2, 0.25) is 0 Å². The Morgan fingerprint density at radius 2 is 2.29 bits per heavy atom. The highest BCUT2D eigenvalue weighted by Crippen LogP contribution is 2.30. The fourth-order valence-corrected chi connectivity index (χ4v) is 1.68. The zero-order valence-corrected chi connectivity index (χ0v) is 8.07. The number of nitrogens with zero attached hydrogens (tertiary/aromatic N) is 1. The monoisotopic (exact) mass is 190 g/mol. The summed E-state index contributed by atoms with van der Waals surface area (Å²) in [5.74, 6) is 0.127. The van der Waals surface area contributed by atoms with Crippen molar-refractivity contribution in [1.82, 2.24) is 4.98 Å². The van der Waals surface area contributed by atoms with E-state index in [2.05, 4.69) is 4.98 Å². The lowest BCUT2D eigenvalue weighted by atomic mass is 9.73. The Morgan fingerprint density at radius 3 is 2.79 bits per heavy atom. The number of ketones is 1. The van der Waals surface area contributed by atoms with Crippen LogP contribution in [0.15, 0.2) is 24.4 Å². The van der Waals surface area contributed by atoms with Crippen LogP contribution >= 0.6 is 0 Å². The molecule has 2 rings (SSSR count). The predicted molar refractivity (Wildman–Crippen MR) is 53.7 cm³/mol. The minimum Gasteiger partial charge on any atom is -0.319 e. The predicted octanol–water partition coefficient (Wildman–Crippen LogP) is 1.07. The first-order chi connectivity index (χ1) is 6.71. The Kier molecular flexibility index (Phi) is 2.33. The van der Waals surface area contributed by atoms with Crippen molar-refractivity contribution in [1.29, 1.82) is 0 Å². The van der Waals surface area contributed by atoms with Gasteiger partial charge in [-0.25, -0.2) is 0 Å². The third-order valence-electron chi connectivity index (χ3n) is 2.87. The van der Waals surface area contributed by atoms with Crippen LogP contribution in [-0.2, 0) is 11.2 Å². The number of Topliss-reactive ketones (excluding diaryl/α,β-unsaturated/α-hetero) is 1. The van der Waals surface area contributed by atoms with Crippen molar-refractivity contribution in [3.8, 4) is 0 Å². The van der Waals surface area contributed by atoms with Crippen molar-refractivity contribution in [3.05, 3.63) is 30.1 Å². The summed E-state index contributed by atoms with van der Waals surface area (Å²) in [6.45, 7) is 0. The molecule has 0 amide bonds. The van der Waals surface area contributed by atoms with Crippen LogP contribution in [0.5, 0.6) is 0 Å². The fourth-order valence-electron chi connectivity index (χ4n) is 1.68. The summed E-state index contributed by atoms with van der Waals surface area (Å²) in [6, 6.07) is 5.59. The van der Waals surface area contributed by atoms with Crippen molar-refractivity contribution < 1.29 is 4.79 Å². The van der Waals surface area contributed by atoms with E-state index in [1.807, 2.05) is 18.2 Å². The zero-order valence-electron chi connectivity index (χ0n) is 8.07. The highest BCUT2D eigenvalue weighted by Gasteiger charge is 2.39. The van der Waals surface area contributed by atoms with E-state index in [0.717, 1.165) is 25.0 Å². The van der Waals surface area contributed by atoms with E-state index in [0.29, 0.717) is 6.42 Å². The Hall–Kier alpha value is -1.22. The Balaban J connectivity index is 2.02. The van der Waals surface area contributed by atoms with Crippen LogP contribution in [0.4, 0.5) is 0 Å². The molecule has 0 unspecified atom stereocenters. The van der Waals surface area contributed by atoms with E-state index in [1.165, 1.54) is 0 Å². The van der Waals surface area contributed by atoms with Gasteiger partial charge in [0, 0.05) is 11.9 Å². The average Bonchev–Trinajstić information content (AvgIpc) is 2.15. The first-order valence-corrected chi connectivity index (χ1v) is 4.93. The molecular weight excluding hydrogens is 176 g/mol. The van der Waals surface area contributed by atoms with Gasteiger partial charge in [-0.05, 0) is 31.4 Å². The van der Waals surface area contributed by atoms with E-state index in [9.17, 15) is 4.79 Å². The second-order valence-electron chi connectivity index (χ2n) is 3.93. The number of hydrogen-bond acceptors (Lipinski definition) is 3. The molecule has 0 bridgehead atoms. The molecule has 0 atom stereocenters. The molecule has 2 N–H and O–H groups in total. The summed E-state index contributed by atoms with van der Waals surface area (Å²) in [5.41, 5.74) is 6.19. The number of nitrogens with two attached hydrogens (primary N) is 1. The topological polar surface area (TPSA) is 56.0 Å². The van der Waals surface area contributed by atoms with Crippen molar-refractivity contribution >= 4 is 5.78 Å². The van der Waals surface area contributed by atoms with Crippen molar-refractivity contribution in [2.24, 2.45) is 5.73 Å². The molecule has 14 heavy (non-hydrogen) atoms. The second kappa shape index (κ2) is 3.50. The molecule has 0 aliphatic heterocycles. The van der Waals surface area contributed by atoms with Crippen LogP contribution in [0.1, 0.15) is 25.0 Å². The van der Waals surface area contributed by atoms with E-state index >= 15 is 0 Å². The van der Waals surface area contributed by atoms with Gasteiger partial charge < -0.3 is 5.73 Å². The van der Waals surface area contributed by atoms with Gasteiger partial charge in [-0.1, -0.05) is 6.07 Å². The number of carbonyl (C=O) groups excluding carboxylic acids is 1. The maximum Gasteiger partial charge on any atom is 0.158 e. The van der Waals surface area contributed by atoms with Crippen LogP contribution in [0.2, 0.25) is 0 Å². The number of carbonyl (C=O) groups is 1. The van der Waals surface area contributed by atoms with Crippen LogP contribution in [-0.4, -0.2) is 16.3 Å². The standard InChI is InChI=1S/C11H14N2O/c12-11(5-3-6-11)10(14)8-9-4-1-2-7-13-9/h1-2,4,7H,3,5-6,8,12H2. The van der Waals surface area contributed by atoms with E-state index < -0.39 is 5.54 Å². The Bertz CT molecular complexity index is 330. The summed E-state index contributed by atoms with van der Waals surface area (Å²) < 4.78 is 0. The molecule has 3 heteroatoms. The molecule has 3 nitrogen and oxygen atoms in total. The van der Waals surface area contributed by atoms with Crippen molar-refractivity contribution in [2.75, 3.05) is 0 Å². The molecule has 0 radical (unpaired) electrons. The molecule has 1 aromatic heterocycles. The van der Waals surface area contributed by atoms with E-state index in [-0.39, 0.29) is 5.78 Å². The number of pyridine rings is 1. The molecule has 1 heterocycles. The summed E-state index contributed by atoms with van der Waals surface area (Å²) in [6.07, 6.45) is 4.81. The first-order valence-electron chi connectivity index (χ1n) is 4.93. The van der Waals surface area contributed by atoms with Gasteiger partial charge in [-0.15, -0.1) is 0 Å². The van der Waals surface area contributed by atoms with Crippen LogP contribution < -0.4 is 5.73 Å². The lowest BCUT2D eigenvalue weighted by Crippen LogP contribution is -2.54. The molecule has 1 aliphatic carbocycles. The fraction of sp³-hybridized carbons (Fsp3) is 0.455. The van der Waals surface area contributed by atoms with Crippen molar-refractivity contribution in [2.45, 2.75) is 31.2 Å². The number of hydrogen-bond donors (Lipinski definition) is 1. The minimum absolute atomic E-state index is 0.127. The molecule has 0 spiro atoms. The molecule has 74 valence electrons. The van der Waals surface area contributed by atoms with Gasteiger partial charge in [0.15, 0.2) is 5.78 Å². The Labute approximate surface area is 83.3 Å². The second-order valence-corrected chi connectivity index (χ2v) is 3.93. The summed E-state index contributed by atoms with van der Waals surface area (Å²) in [5, 5.41) is 0. The third kappa shape index (κ3) is 1.68. The zero-order chi connectivity index (χ0) is 10.0. The first kappa shape index (κ1) is 9.34. The quantitative estimate of drug-likeness (QED) is 0.775. The molecular formula is C11H14N2O. The lowest BCUT2D eigenvalue weighted by molar-refractivity contribution is -0.126. The van der Waals surface area contributed by atoms with Gasteiger partial charge in [0.05, 0.1) is 12.0 Å². The maximum absolute atomic E-state index is 11.8. The average molecular weight is 190 g/mol. The SMILES string of the molecule is NC1(C(=O)Cc2ccccn2)CCC1. The van der Waals surface area contributed by atoms with Gasteiger partial charge in [0.25, 0.3) is 0 Å². The Morgan fingerprint density at radius 1 is 1.50 bits per heavy atom. The molecule has 0 saturated heterocycles. The van der Waals surface area contributed by atoms with E-state index in [4.69, 9.17) is 5.73 Å². The lowest BCUT2D eigenvalue weighted by Gasteiger charge is -2.36. The number of aromatic nitrogens is 1. The number of rotatable bonds is 3. The smallest absolute Gasteiger partial charge is 0.158 e. The van der Waals surface area contributed by atoms with Gasteiger partial charge >= 0.3 is 0 Å². The van der Waals surface area contributed by atoms with Crippen LogP contribution in [0.25, 0.3) is 0 Å². The maximum atomic E-state index is 11.8. The molecule has 1 aliphatic rings. The van der Waals surface area contributed by atoms with Gasteiger partial charge in [0.1, 0.15) is 0 Å². The van der Waals surface area contributed by atoms with E-state index in [1.54, 1.807) is 6.20 Å². The summed E-state index contributed by atoms with van der Waals surface area (Å²) >= 11 is 0. The molecule has 0 aromatic carbocycles. The molecule has 1 aromatic rings. The molecule has 1 fully saturated rings. The third-order valence-corrected chi connectivity index (χ3v) is 2.87. The van der Waals surface area contributed by atoms with Crippen LogP contribution in [0.3, 0.4) is 0 Å². The largest absolute Gasteiger partial charge is 0.319 e. The minimum atomic E-state index is -0.544. The summed E-state index contributed by atoms with van der Waals surface area (Å²) in [4.78, 5) is 15.9. The molecule has 1 saturated carbocycles.